The number of anilines is 1. The van der Waals surface area contributed by atoms with Crippen molar-refractivity contribution in [3.63, 3.8) is 0 Å². The summed E-state index contributed by atoms with van der Waals surface area (Å²) in [5.41, 5.74) is 2.65. The van der Waals surface area contributed by atoms with E-state index in [0.717, 1.165) is 21.3 Å². The average Bonchev–Trinajstić information content (AvgIpc) is 2.69. The molecule has 0 heterocycles. The zero-order chi connectivity index (χ0) is 20.8. The van der Waals surface area contributed by atoms with Gasteiger partial charge in [-0.2, -0.15) is 0 Å². The predicted molar refractivity (Wildman–Crippen MR) is 120 cm³/mol. The Balaban J connectivity index is 1.75. The van der Waals surface area contributed by atoms with E-state index < -0.39 is 5.82 Å². The van der Waals surface area contributed by atoms with E-state index in [-0.39, 0.29) is 5.02 Å². The van der Waals surface area contributed by atoms with Crippen molar-refractivity contribution in [2.75, 3.05) is 11.9 Å². The van der Waals surface area contributed by atoms with Crippen LogP contribution < -0.4 is 14.8 Å². The molecule has 29 heavy (non-hydrogen) atoms. The normalized spacial score (nSPS) is 10.7. The Morgan fingerprint density at radius 1 is 1.00 bits per heavy atom. The molecule has 3 aromatic rings. The van der Waals surface area contributed by atoms with Crippen LogP contribution >= 0.6 is 39.1 Å². The lowest BCUT2D eigenvalue weighted by molar-refractivity contribution is 0.269. The molecule has 3 rings (SSSR count). The Morgan fingerprint density at radius 3 is 2.52 bits per heavy atom. The van der Waals surface area contributed by atoms with Crippen molar-refractivity contribution in [1.29, 1.82) is 0 Å². The molecule has 0 atom stereocenters. The number of benzene rings is 3. The summed E-state index contributed by atoms with van der Waals surface area (Å²) in [5, 5.41) is 3.97. The van der Waals surface area contributed by atoms with Gasteiger partial charge in [0.25, 0.3) is 0 Å². The van der Waals surface area contributed by atoms with Gasteiger partial charge >= 0.3 is 0 Å². The molecule has 152 valence electrons. The maximum Gasteiger partial charge on any atom is 0.162 e. The molecule has 0 bridgehead atoms. The Morgan fingerprint density at radius 2 is 1.79 bits per heavy atom. The van der Waals surface area contributed by atoms with Crippen molar-refractivity contribution in [2.45, 2.75) is 20.1 Å². The summed E-state index contributed by atoms with van der Waals surface area (Å²) < 4.78 is 25.9. The highest BCUT2D eigenvalue weighted by molar-refractivity contribution is 9.10. The molecule has 7 heteroatoms. The van der Waals surface area contributed by atoms with Gasteiger partial charge in [-0.25, -0.2) is 4.39 Å². The van der Waals surface area contributed by atoms with Crippen molar-refractivity contribution in [3.8, 4) is 11.5 Å². The van der Waals surface area contributed by atoms with Crippen LogP contribution in [0, 0.1) is 5.82 Å². The summed E-state index contributed by atoms with van der Waals surface area (Å²) in [6, 6.07) is 15.8. The Labute approximate surface area is 187 Å². The number of hydrogen-bond donors (Lipinski definition) is 1. The molecule has 0 unspecified atom stereocenters. The molecule has 0 saturated carbocycles. The molecule has 1 N–H and O–H groups in total. The number of rotatable bonds is 8. The van der Waals surface area contributed by atoms with Gasteiger partial charge in [0.1, 0.15) is 12.4 Å². The van der Waals surface area contributed by atoms with E-state index in [1.54, 1.807) is 12.1 Å². The lowest BCUT2D eigenvalue weighted by Crippen LogP contribution is -2.04. The van der Waals surface area contributed by atoms with Crippen LogP contribution in [-0.4, -0.2) is 6.61 Å². The maximum absolute atomic E-state index is 13.3. The smallest absolute Gasteiger partial charge is 0.162 e. The van der Waals surface area contributed by atoms with Crippen LogP contribution in [0.3, 0.4) is 0 Å². The fourth-order valence-electron chi connectivity index (χ4n) is 2.69. The van der Waals surface area contributed by atoms with Gasteiger partial charge in [0.05, 0.1) is 11.6 Å². The molecule has 0 aromatic heterocycles. The van der Waals surface area contributed by atoms with Crippen molar-refractivity contribution < 1.29 is 13.9 Å². The van der Waals surface area contributed by atoms with Gasteiger partial charge < -0.3 is 14.8 Å². The molecule has 0 amide bonds. The van der Waals surface area contributed by atoms with Gasteiger partial charge in [-0.1, -0.05) is 51.3 Å². The first-order chi connectivity index (χ1) is 14.0. The summed E-state index contributed by atoms with van der Waals surface area (Å²) in [6.07, 6.45) is 0. The van der Waals surface area contributed by atoms with Crippen LogP contribution in [0.5, 0.6) is 11.5 Å². The van der Waals surface area contributed by atoms with Crippen molar-refractivity contribution >= 4 is 44.8 Å². The third-order valence-corrected chi connectivity index (χ3v) is 5.36. The quantitative estimate of drug-likeness (QED) is 0.349. The largest absolute Gasteiger partial charge is 0.490 e. The third kappa shape index (κ3) is 6.01. The van der Waals surface area contributed by atoms with Crippen molar-refractivity contribution in [3.05, 3.63) is 86.1 Å². The number of nitrogens with one attached hydrogen (secondary N) is 1. The summed E-state index contributed by atoms with van der Waals surface area (Å²) in [4.78, 5) is 0. The van der Waals surface area contributed by atoms with Crippen molar-refractivity contribution in [1.82, 2.24) is 0 Å². The Bertz CT molecular complexity index is 1000. The molecule has 0 spiro atoms. The van der Waals surface area contributed by atoms with Gasteiger partial charge in [0, 0.05) is 21.7 Å². The standard InChI is InChI=1S/C22H19BrCl2FNO2/c1-2-28-21-9-15(12-27-17-6-7-20(26)19(25)10-17)18(23)11-22(21)29-13-14-4-3-5-16(24)8-14/h3-11,27H,2,12-13H2,1H3. The minimum Gasteiger partial charge on any atom is -0.490 e. The zero-order valence-electron chi connectivity index (χ0n) is 15.6. The van der Waals surface area contributed by atoms with E-state index in [9.17, 15) is 4.39 Å². The van der Waals surface area contributed by atoms with Crippen LogP contribution in [0.2, 0.25) is 10.0 Å². The van der Waals surface area contributed by atoms with E-state index in [0.29, 0.717) is 36.3 Å². The van der Waals surface area contributed by atoms with Crippen molar-refractivity contribution in [2.24, 2.45) is 0 Å². The van der Waals surface area contributed by atoms with Gasteiger partial charge in [0.15, 0.2) is 11.5 Å². The van der Waals surface area contributed by atoms with E-state index in [2.05, 4.69) is 21.2 Å². The molecule has 3 nitrogen and oxygen atoms in total. The molecule has 0 aliphatic rings. The van der Waals surface area contributed by atoms with Gasteiger partial charge in [0.2, 0.25) is 0 Å². The summed E-state index contributed by atoms with van der Waals surface area (Å²) in [7, 11) is 0. The lowest BCUT2D eigenvalue weighted by atomic mass is 10.2. The van der Waals surface area contributed by atoms with Crippen LogP contribution in [0.25, 0.3) is 0 Å². The van der Waals surface area contributed by atoms with Crippen LogP contribution in [0.15, 0.2) is 59.1 Å². The fourth-order valence-corrected chi connectivity index (χ4v) is 3.54. The highest BCUT2D eigenvalue weighted by Gasteiger charge is 2.12. The summed E-state index contributed by atoms with van der Waals surface area (Å²) in [6.45, 7) is 3.30. The maximum atomic E-state index is 13.3. The summed E-state index contributed by atoms with van der Waals surface area (Å²) in [5.74, 6) is 0.831. The third-order valence-electron chi connectivity index (χ3n) is 4.10. The molecule has 0 aliphatic carbocycles. The first-order valence-electron chi connectivity index (χ1n) is 8.97. The van der Waals surface area contributed by atoms with Crippen LogP contribution in [-0.2, 0) is 13.2 Å². The zero-order valence-corrected chi connectivity index (χ0v) is 18.7. The second kappa shape index (κ2) is 10.2. The first-order valence-corrected chi connectivity index (χ1v) is 10.5. The number of hydrogen-bond acceptors (Lipinski definition) is 3. The van der Waals surface area contributed by atoms with Gasteiger partial charge in [-0.3, -0.25) is 0 Å². The second-order valence-electron chi connectivity index (χ2n) is 6.22. The second-order valence-corrected chi connectivity index (χ2v) is 7.92. The fraction of sp³-hybridized carbons (Fsp3) is 0.182. The van der Waals surface area contributed by atoms with E-state index >= 15 is 0 Å². The molecule has 0 saturated heterocycles. The summed E-state index contributed by atoms with van der Waals surface area (Å²) >= 11 is 15.5. The number of ether oxygens (including phenoxy) is 2. The number of halogens is 4. The Kier molecular flexibility index (Phi) is 7.64. The monoisotopic (exact) mass is 497 g/mol. The molecule has 3 aromatic carbocycles. The Hall–Kier alpha value is -1.95. The molecular formula is C22H19BrCl2FNO2. The highest BCUT2D eigenvalue weighted by Crippen LogP contribution is 2.35. The minimum atomic E-state index is -0.446. The van der Waals surface area contributed by atoms with E-state index in [1.807, 2.05) is 43.3 Å². The molecule has 0 radical (unpaired) electrons. The lowest BCUT2D eigenvalue weighted by Gasteiger charge is -2.16. The first kappa shape index (κ1) is 21.8. The van der Waals surface area contributed by atoms with Gasteiger partial charge in [-0.05, 0) is 60.5 Å². The van der Waals surface area contributed by atoms with Gasteiger partial charge in [-0.15, -0.1) is 0 Å². The van der Waals surface area contributed by atoms with E-state index in [4.69, 9.17) is 32.7 Å². The topological polar surface area (TPSA) is 30.5 Å². The molecule has 0 aliphatic heterocycles. The van der Waals surface area contributed by atoms with Crippen LogP contribution in [0.1, 0.15) is 18.1 Å². The average molecular weight is 499 g/mol. The molecule has 0 fully saturated rings. The van der Waals surface area contributed by atoms with E-state index in [1.165, 1.54) is 6.07 Å². The van der Waals surface area contributed by atoms with Crippen LogP contribution in [0.4, 0.5) is 10.1 Å². The minimum absolute atomic E-state index is 0.0776. The highest BCUT2D eigenvalue weighted by atomic mass is 79.9. The molecular weight excluding hydrogens is 480 g/mol. The SMILES string of the molecule is CCOc1cc(CNc2ccc(F)c(Cl)c2)c(Br)cc1OCc1cccc(Cl)c1. The predicted octanol–water partition coefficient (Wildman–Crippen LogP) is 7.48.